The summed E-state index contributed by atoms with van der Waals surface area (Å²) in [4.78, 5) is 49.8. The number of nitrogens with zero attached hydrogens (tertiary/aromatic N) is 3. The number of halogens is 1. The molecule has 1 aromatic carbocycles. The number of hydrogen-bond acceptors (Lipinski definition) is 6. The smallest absolute Gasteiger partial charge is 0.308 e. The van der Waals surface area contributed by atoms with Crippen molar-refractivity contribution in [3.63, 3.8) is 0 Å². The number of benzene rings is 1. The number of aromatic nitrogens is 2. The maximum Gasteiger partial charge on any atom is 0.308 e. The molecule has 0 bridgehead atoms. The number of carboxylic acids is 1. The highest BCUT2D eigenvalue weighted by molar-refractivity contribution is 9.10. The molecular weight excluding hydrogens is 556 g/mol. The number of likely N-dealkylation sites (tertiary alicyclic amines) is 1. The highest BCUT2D eigenvalue weighted by Gasteiger charge is 2.35. The van der Waals surface area contributed by atoms with Gasteiger partial charge in [0.15, 0.2) is 5.82 Å². The molecule has 0 aliphatic carbocycles. The van der Waals surface area contributed by atoms with Gasteiger partial charge in [0.1, 0.15) is 6.04 Å². The van der Waals surface area contributed by atoms with Gasteiger partial charge in [0.05, 0.1) is 15.3 Å². The van der Waals surface area contributed by atoms with Gasteiger partial charge in [0.25, 0.3) is 5.91 Å². The summed E-state index contributed by atoms with van der Waals surface area (Å²) in [5.41, 5.74) is 1.61. The second kappa shape index (κ2) is 11.1. The highest BCUT2D eigenvalue weighted by Crippen LogP contribution is 2.29. The molecule has 2 atom stereocenters. The van der Waals surface area contributed by atoms with Gasteiger partial charge in [-0.3, -0.25) is 14.4 Å². The molecule has 8 nitrogen and oxygen atoms in total. The largest absolute Gasteiger partial charge is 0.481 e. The molecule has 1 aliphatic heterocycles. The second-order valence-corrected chi connectivity index (χ2v) is 12.2. The van der Waals surface area contributed by atoms with Gasteiger partial charge in [-0.15, -0.1) is 11.3 Å². The van der Waals surface area contributed by atoms with Crippen molar-refractivity contribution in [2.45, 2.75) is 45.1 Å². The van der Waals surface area contributed by atoms with E-state index in [1.165, 1.54) is 11.3 Å². The Hall–Kier alpha value is -3.11. The van der Waals surface area contributed by atoms with Crippen LogP contribution in [0.2, 0.25) is 0 Å². The van der Waals surface area contributed by atoms with Gasteiger partial charge in [-0.25, -0.2) is 9.97 Å². The number of carbonyl (C=O) groups excluding carboxylic acids is 2. The molecule has 2 amide bonds. The maximum atomic E-state index is 13.5. The average molecular weight is 586 g/mol. The Morgan fingerprint density at radius 2 is 1.81 bits per heavy atom. The Kier molecular flexibility index (Phi) is 8.08. The summed E-state index contributed by atoms with van der Waals surface area (Å²) in [5, 5.41) is 12.3. The maximum absolute atomic E-state index is 13.5. The van der Waals surface area contributed by atoms with Crippen LogP contribution in [0.5, 0.6) is 0 Å². The number of nitrogens with one attached hydrogen (secondary N) is 1. The summed E-state index contributed by atoms with van der Waals surface area (Å²) in [6.45, 7) is 6.76. The van der Waals surface area contributed by atoms with Crippen LogP contribution in [0.25, 0.3) is 11.4 Å². The summed E-state index contributed by atoms with van der Waals surface area (Å²) in [5.74, 6) is -1.50. The molecule has 1 fully saturated rings. The van der Waals surface area contributed by atoms with Crippen LogP contribution in [-0.2, 0) is 21.4 Å². The Morgan fingerprint density at radius 3 is 2.38 bits per heavy atom. The van der Waals surface area contributed by atoms with E-state index >= 15 is 0 Å². The summed E-state index contributed by atoms with van der Waals surface area (Å²) in [6.07, 6.45) is 4.04. The first-order valence-electron chi connectivity index (χ1n) is 12.0. The molecule has 3 aromatic rings. The average Bonchev–Trinajstić information content (AvgIpc) is 3.55. The third-order valence-corrected chi connectivity index (χ3v) is 8.21. The normalized spacial score (nSPS) is 16.4. The third-order valence-electron chi connectivity index (χ3n) is 6.29. The van der Waals surface area contributed by atoms with Gasteiger partial charge >= 0.3 is 5.97 Å². The lowest BCUT2D eigenvalue weighted by Crippen LogP contribution is -2.49. The zero-order chi connectivity index (χ0) is 26.7. The lowest BCUT2D eigenvalue weighted by Gasteiger charge is -2.24. The molecule has 0 spiro atoms. The van der Waals surface area contributed by atoms with Crippen LogP contribution in [0.1, 0.15) is 47.3 Å². The summed E-state index contributed by atoms with van der Waals surface area (Å²) < 4.78 is 0.789. The minimum absolute atomic E-state index is 0.0832. The lowest BCUT2D eigenvalue weighted by molar-refractivity contribution is -0.141. The quantitative estimate of drug-likeness (QED) is 0.421. The molecule has 2 N–H and O–H groups in total. The number of carboxylic acid groups (broad SMARTS) is 1. The van der Waals surface area contributed by atoms with Crippen LogP contribution in [0.15, 0.2) is 53.3 Å². The standard InChI is InChI=1S/C27H29BrN4O4S/c1-27(2,3)22-9-8-21(37-22)24(33)31-20(25(34)32-11-10-18(15-32)26(35)36)12-16-4-6-17(7-5-16)23-29-13-19(28)14-30-23/h4-9,13-14,18,20H,10-12,15H2,1-3H3,(H,31,33)(H,35,36)/t18?,20-/m0/s1. The zero-order valence-corrected chi connectivity index (χ0v) is 23.3. The van der Waals surface area contributed by atoms with Gasteiger partial charge in [-0.2, -0.15) is 0 Å². The van der Waals surface area contributed by atoms with Crippen LogP contribution >= 0.6 is 27.3 Å². The number of amides is 2. The first-order chi connectivity index (χ1) is 17.5. The monoisotopic (exact) mass is 584 g/mol. The number of hydrogen-bond donors (Lipinski definition) is 2. The van der Waals surface area contributed by atoms with E-state index in [1.54, 1.807) is 23.4 Å². The van der Waals surface area contributed by atoms with Crippen molar-refractivity contribution in [1.82, 2.24) is 20.2 Å². The minimum atomic E-state index is -0.907. The number of rotatable bonds is 7. The minimum Gasteiger partial charge on any atom is -0.481 e. The van der Waals surface area contributed by atoms with E-state index in [9.17, 15) is 19.5 Å². The second-order valence-electron chi connectivity index (χ2n) is 10.2. The third kappa shape index (κ3) is 6.61. The molecule has 194 valence electrons. The molecule has 1 aliphatic rings. The molecule has 10 heteroatoms. The molecule has 37 heavy (non-hydrogen) atoms. The Morgan fingerprint density at radius 1 is 1.14 bits per heavy atom. The first kappa shape index (κ1) is 26.9. The predicted octanol–water partition coefficient (Wildman–Crippen LogP) is 4.54. The van der Waals surface area contributed by atoms with E-state index < -0.39 is 17.9 Å². The van der Waals surface area contributed by atoms with Gasteiger partial charge in [-0.05, 0) is 45.5 Å². The zero-order valence-electron chi connectivity index (χ0n) is 20.9. The van der Waals surface area contributed by atoms with Gasteiger partial charge < -0.3 is 15.3 Å². The van der Waals surface area contributed by atoms with Crippen LogP contribution in [0.3, 0.4) is 0 Å². The molecule has 3 heterocycles. The van der Waals surface area contributed by atoms with Crippen molar-refractivity contribution in [1.29, 1.82) is 0 Å². The fourth-order valence-corrected chi connectivity index (χ4v) is 5.33. The fourth-order valence-electron chi connectivity index (χ4n) is 4.16. The van der Waals surface area contributed by atoms with E-state index in [-0.39, 0.29) is 30.2 Å². The van der Waals surface area contributed by atoms with E-state index in [0.29, 0.717) is 23.7 Å². The molecule has 1 saturated heterocycles. The number of thiophene rings is 1. The van der Waals surface area contributed by atoms with E-state index in [2.05, 4.69) is 52.0 Å². The van der Waals surface area contributed by atoms with Crippen molar-refractivity contribution in [2.24, 2.45) is 5.92 Å². The predicted molar refractivity (Wildman–Crippen MR) is 145 cm³/mol. The lowest BCUT2D eigenvalue weighted by atomic mass is 9.95. The highest BCUT2D eigenvalue weighted by atomic mass is 79.9. The van der Waals surface area contributed by atoms with Crippen LogP contribution in [0, 0.1) is 5.92 Å². The molecule has 1 unspecified atom stereocenters. The Bertz CT molecular complexity index is 1280. The number of carbonyl (C=O) groups is 3. The van der Waals surface area contributed by atoms with Crippen LogP contribution < -0.4 is 5.32 Å². The molecule has 4 rings (SSSR count). The topological polar surface area (TPSA) is 112 Å². The van der Waals surface area contributed by atoms with E-state index in [0.717, 1.165) is 20.5 Å². The van der Waals surface area contributed by atoms with Gasteiger partial charge in [0, 0.05) is 42.3 Å². The van der Waals surface area contributed by atoms with Crippen LogP contribution in [-0.4, -0.2) is 56.9 Å². The van der Waals surface area contributed by atoms with Crippen LogP contribution in [0.4, 0.5) is 0 Å². The van der Waals surface area contributed by atoms with Crippen molar-refractivity contribution in [3.8, 4) is 11.4 Å². The van der Waals surface area contributed by atoms with Crippen molar-refractivity contribution < 1.29 is 19.5 Å². The fraction of sp³-hybridized carbons (Fsp3) is 0.370. The Balaban J connectivity index is 1.53. The molecule has 0 saturated carbocycles. The Labute approximate surface area is 228 Å². The van der Waals surface area contributed by atoms with E-state index in [4.69, 9.17) is 0 Å². The van der Waals surface area contributed by atoms with Crippen molar-refractivity contribution in [3.05, 3.63) is 68.6 Å². The molecule has 0 radical (unpaired) electrons. The van der Waals surface area contributed by atoms with E-state index in [1.807, 2.05) is 30.3 Å². The number of aliphatic carboxylic acids is 1. The SMILES string of the molecule is CC(C)(C)c1ccc(C(=O)N[C@@H](Cc2ccc(-c3ncc(Br)cn3)cc2)C(=O)N2CCC(C(=O)O)C2)s1. The van der Waals surface area contributed by atoms with Gasteiger partial charge in [0.2, 0.25) is 5.91 Å². The van der Waals surface area contributed by atoms with Crippen molar-refractivity contribution in [2.75, 3.05) is 13.1 Å². The molecule has 2 aromatic heterocycles. The van der Waals surface area contributed by atoms with Crippen molar-refractivity contribution >= 4 is 45.1 Å². The summed E-state index contributed by atoms with van der Waals surface area (Å²) in [6, 6.07) is 10.4. The summed E-state index contributed by atoms with van der Waals surface area (Å²) in [7, 11) is 0. The first-order valence-corrected chi connectivity index (χ1v) is 13.6. The van der Waals surface area contributed by atoms with Gasteiger partial charge in [-0.1, -0.05) is 45.0 Å². The molecular formula is C27H29BrN4O4S. The summed E-state index contributed by atoms with van der Waals surface area (Å²) >= 11 is 4.74.